The van der Waals surface area contributed by atoms with Gasteiger partial charge in [0.2, 0.25) is 0 Å². The zero-order valence-corrected chi connectivity index (χ0v) is 17.3. The Labute approximate surface area is 170 Å². The minimum absolute atomic E-state index is 0.0453. The first-order chi connectivity index (χ1) is 13.2. The quantitative estimate of drug-likeness (QED) is 0.303. The van der Waals surface area contributed by atoms with E-state index in [9.17, 15) is 19.7 Å². The number of hydrogen-bond donors (Lipinski definition) is 0. The minimum atomic E-state index is -0.625. The van der Waals surface area contributed by atoms with Gasteiger partial charge in [-0.05, 0) is 19.1 Å². The molecule has 2 aromatic rings. The maximum Gasteiger partial charge on any atom is 0.358 e. The molecule has 0 saturated heterocycles. The fourth-order valence-electron chi connectivity index (χ4n) is 2.15. The van der Waals surface area contributed by atoms with Crippen molar-refractivity contribution in [3.05, 3.63) is 50.5 Å². The Kier molecular flexibility index (Phi) is 6.75. The molecule has 0 atom stereocenters. The Balaban J connectivity index is 2.34. The maximum absolute atomic E-state index is 12.7. The lowest BCUT2D eigenvalue weighted by Gasteiger charge is -2.17. The highest BCUT2D eigenvalue weighted by molar-refractivity contribution is 7.81. The molecule has 11 heteroatoms. The number of thiocarbonyl (C=S) groups is 1. The number of thiazole rings is 1. The van der Waals surface area contributed by atoms with Crippen molar-refractivity contribution in [2.24, 2.45) is 0 Å². The molecule has 0 aliphatic carbocycles. The van der Waals surface area contributed by atoms with Crippen LogP contribution in [0.1, 0.15) is 32.6 Å². The molecule has 0 spiro atoms. The third kappa shape index (κ3) is 4.49. The maximum atomic E-state index is 12.7. The number of hydrogen-bond acceptors (Lipinski definition) is 9. The second-order valence-electron chi connectivity index (χ2n) is 5.76. The number of anilines is 1. The van der Waals surface area contributed by atoms with E-state index in [4.69, 9.17) is 17.0 Å². The second kappa shape index (κ2) is 8.85. The van der Waals surface area contributed by atoms with E-state index in [-0.39, 0.29) is 28.5 Å². The largest absolute Gasteiger partial charge is 0.461 e. The van der Waals surface area contributed by atoms with E-state index in [1.807, 2.05) is 0 Å². The van der Waals surface area contributed by atoms with E-state index in [1.165, 1.54) is 47.5 Å². The number of ether oxygens (including phenoxy) is 1. The molecule has 9 nitrogen and oxygen atoms in total. The summed E-state index contributed by atoms with van der Waals surface area (Å²) >= 11 is 6.59. The van der Waals surface area contributed by atoms with Gasteiger partial charge in [0.25, 0.3) is 11.6 Å². The summed E-state index contributed by atoms with van der Waals surface area (Å²) in [5.41, 5.74) is 0.152. The van der Waals surface area contributed by atoms with Gasteiger partial charge in [0, 0.05) is 38.8 Å². The van der Waals surface area contributed by atoms with Crippen molar-refractivity contribution >= 4 is 51.2 Å². The third-order valence-electron chi connectivity index (χ3n) is 3.60. The van der Waals surface area contributed by atoms with Crippen molar-refractivity contribution < 1.29 is 19.2 Å². The van der Waals surface area contributed by atoms with E-state index in [0.29, 0.717) is 10.0 Å². The summed E-state index contributed by atoms with van der Waals surface area (Å²) in [6.45, 7) is 1.86. The lowest BCUT2D eigenvalue weighted by atomic mass is 10.2. The van der Waals surface area contributed by atoms with Crippen LogP contribution in [-0.4, -0.2) is 59.4 Å². The molecule has 28 heavy (non-hydrogen) atoms. The normalized spacial score (nSPS) is 10.3. The first-order valence-corrected chi connectivity index (χ1v) is 9.32. The predicted molar refractivity (Wildman–Crippen MR) is 109 cm³/mol. The number of esters is 1. The van der Waals surface area contributed by atoms with Crippen molar-refractivity contribution in [3.63, 3.8) is 0 Å². The molecule has 0 unspecified atom stereocenters. The smallest absolute Gasteiger partial charge is 0.358 e. The molecule has 0 fully saturated rings. The van der Waals surface area contributed by atoms with Crippen molar-refractivity contribution in [3.8, 4) is 0 Å². The number of carbonyl (C=O) groups excluding carboxylic acids is 2. The van der Waals surface area contributed by atoms with Gasteiger partial charge in [-0.3, -0.25) is 14.9 Å². The Morgan fingerprint density at radius 2 is 1.86 bits per heavy atom. The summed E-state index contributed by atoms with van der Waals surface area (Å²) in [4.78, 5) is 42.8. The fraction of sp³-hybridized carbons (Fsp3) is 0.294. The standard InChI is InChI=1S/C17H18N4O5S2/c1-5-26-16(23)12-13(28-17(18-12)19(2)3)15(27)20(4)14(22)10-6-8-11(9-7-10)21(24)25/h6-9H,5H2,1-4H3. The average Bonchev–Trinajstić information content (AvgIpc) is 3.12. The van der Waals surface area contributed by atoms with Gasteiger partial charge in [-0.1, -0.05) is 23.6 Å². The van der Waals surface area contributed by atoms with E-state index in [1.54, 1.807) is 25.9 Å². The number of non-ortho nitro benzene ring substituents is 1. The molecular formula is C17H18N4O5S2. The summed E-state index contributed by atoms with van der Waals surface area (Å²) < 4.78 is 5.03. The van der Waals surface area contributed by atoms with E-state index < -0.39 is 16.8 Å². The van der Waals surface area contributed by atoms with Crippen molar-refractivity contribution in [1.29, 1.82) is 0 Å². The third-order valence-corrected chi connectivity index (χ3v) is 5.43. The summed E-state index contributed by atoms with van der Waals surface area (Å²) in [7, 11) is 5.01. The van der Waals surface area contributed by atoms with Crippen LogP contribution in [0.2, 0.25) is 0 Å². The molecule has 0 N–H and O–H groups in total. The Hall–Kier alpha value is -2.92. The number of rotatable bonds is 6. The molecule has 148 valence electrons. The molecule has 0 radical (unpaired) electrons. The van der Waals surface area contributed by atoms with Crippen molar-refractivity contribution in [1.82, 2.24) is 9.88 Å². The van der Waals surface area contributed by atoms with Crippen LogP contribution in [0.4, 0.5) is 10.8 Å². The van der Waals surface area contributed by atoms with E-state index in [2.05, 4.69) is 4.98 Å². The van der Waals surface area contributed by atoms with Gasteiger partial charge < -0.3 is 14.5 Å². The Morgan fingerprint density at radius 1 is 1.25 bits per heavy atom. The number of carbonyl (C=O) groups is 2. The monoisotopic (exact) mass is 422 g/mol. The summed E-state index contributed by atoms with van der Waals surface area (Å²) in [6.07, 6.45) is 0. The van der Waals surface area contributed by atoms with Gasteiger partial charge in [0.15, 0.2) is 10.8 Å². The van der Waals surface area contributed by atoms with Crippen molar-refractivity contribution in [2.75, 3.05) is 32.6 Å². The summed E-state index contributed by atoms with van der Waals surface area (Å²) in [5.74, 6) is -1.09. The van der Waals surface area contributed by atoms with Gasteiger partial charge in [-0.15, -0.1) is 0 Å². The number of benzene rings is 1. The topological polar surface area (TPSA) is 106 Å². The number of aromatic nitrogens is 1. The fourth-order valence-corrected chi connectivity index (χ4v) is 3.40. The zero-order chi connectivity index (χ0) is 21.0. The summed E-state index contributed by atoms with van der Waals surface area (Å²) in [6, 6.07) is 5.18. The van der Waals surface area contributed by atoms with Gasteiger partial charge in [-0.25, -0.2) is 9.78 Å². The molecule has 0 aliphatic rings. The molecule has 0 saturated carbocycles. The zero-order valence-electron chi connectivity index (χ0n) is 15.7. The number of nitrogens with zero attached hydrogens (tertiary/aromatic N) is 4. The second-order valence-corrected chi connectivity index (χ2v) is 7.13. The lowest BCUT2D eigenvalue weighted by Crippen LogP contribution is -2.33. The van der Waals surface area contributed by atoms with Crippen LogP contribution in [0.3, 0.4) is 0 Å². The van der Waals surface area contributed by atoms with Gasteiger partial charge in [0.05, 0.1) is 16.4 Å². The molecule has 2 rings (SSSR count). The van der Waals surface area contributed by atoms with Gasteiger partial charge >= 0.3 is 5.97 Å². The number of nitro groups is 1. The highest BCUT2D eigenvalue weighted by Crippen LogP contribution is 2.28. The van der Waals surface area contributed by atoms with E-state index >= 15 is 0 Å². The minimum Gasteiger partial charge on any atom is -0.461 e. The molecule has 1 amide bonds. The lowest BCUT2D eigenvalue weighted by molar-refractivity contribution is -0.384. The predicted octanol–water partition coefficient (Wildman–Crippen LogP) is 2.74. The molecular weight excluding hydrogens is 404 g/mol. The molecule has 1 aromatic heterocycles. The first kappa shape index (κ1) is 21.4. The highest BCUT2D eigenvalue weighted by Gasteiger charge is 2.27. The molecule has 1 heterocycles. The van der Waals surface area contributed by atoms with Crippen molar-refractivity contribution in [2.45, 2.75) is 6.92 Å². The van der Waals surface area contributed by atoms with Crippen LogP contribution in [0, 0.1) is 10.1 Å². The van der Waals surface area contributed by atoms with Crippen LogP contribution in [0.25, 0.3) is 0 Å². The highest BCUT2D eigenvalue weighted by atomic mass is 32.1. The SMILES string of the molecule is CCOC(=O)c1nc(N(C)C)sc1C(=S)N(C)C(=O)c1ccc([N+](=O)[O-])cc1. The first-order valence-electron chi connectivity index (χ1n) is 8.09. The van der Waals surface area contributed by atoms with Gasteiger partial charge in [0.1, 0.15) is 4.99 Å². The average molecular weight is 422 g/mol. The van der Waals surface area contributed by atoms with Crippen LogP contribution < -0.4 is 4.90 Å². The molecule has 0 bridgehead atoms. The van der Waals surface area contributed by atoms with Crippen LogP contribution in [0.5, 0.6) is 0 Å². The number of amides is 1. The van der Waals surface area contributed by atoms with Crippen LogP contribution >= 0.6 is 23.6 Å². The van der Waals surface area contributed by atoms with E-state index in [0.717, 1.165) is 0 Å². The van der Waals surface area contributed by atoms with Crippen LogP contribution in [-0.2, 0) is 4.74 Å². The molecule has 1 aromatic carbocycles. The van der Waals surface area contributed by atoms with Gasteiger partial charge in [-0.2, -0.15) is 0 Å². The van der Waals surface area contributed by atoms with Crippen LogP contribution in [0.15, 0.2) is 24.3 Å². The summed E-state index contributed by atoms with van der Waals surface area (Å²) in [5, 5.41) is 11.3. The number of nitro benzene ring substituents is 1. The Morgan fingerprint density at radius 3 is 2.36 bits per heavy atom. The molecule has 0 aliphatic heterocycles. The Bertz CT molecular complexity index is 924.